The average molecular weight is 264 g/mol. The lowest BCUT2D eigenvalue weighted by Crippen LogP contribution is -2.41. The molecular formula is C16H22ClN. The molecule has 2 heteroatoms. The second-order valence-electron chi connectivity index (χ2n) is 6.03. The van der Waals surface area contributed by atoms with Crippen LogP contribution in [-0.2, 0) is 0 Å². The summed E-state index contributed by atoms with van der Waals surface area (Å²) in [6, 6.07) is 8.30. The predicted molar refractivity (Wildman–Crippen MR) is 78.4 cm³/mol. The summed E-state index contributed by atoms with van der Waals surface area (Å²) >= 11 is 6.08. The maximum Gasteiger partial charge on any atom is 0.0426 e. The van der Waals surface area contributed by atoms with Crippen LogP contribution in [0.4, 0.5) is 5.69 Å². The first kappa shape index (κ1) is 12.3. The quantitative estimate of drug-likeness (QED) is 0.697. The minimum Gasteiger partial charge on any atom is -0.371 e. The Kier molecular flexibility index (Phi) is 3.52. The number of anilines is 1. The highest BCUT2D eigenvalue weighted by Crippen LogP contribution is 2.45. The highest BCUT2D eigenvalue weighted by molar-refractivity contribution is 6.30. The molecule has 2 fully saturated rings. The van der Waals surface area contributed by atoms with Crippen molar-refractivity contribution in [2.24, 2.45) is 5.41 Å². The fourth-order valence-corrected chi connectivity index (χ4v) is 3.90. The Balaban J connectivity index is 1.66. The van der Waals surface area contributed by atoms with Crippen LogP contribution in [-0.4, -0.2) is 13.1 Å². The summed E-state index contributed by atoms with van der Waals surface area (Å²) in [6.45, 7) is 2.42. The standard InChI is InChI=1S/C16H22ClN/c17-14-5-4-6-15(13-14)18-11-9-16(10-12-18)7-2-1-3-8-16/h4-6,13H,1-3,7-12H2. The third-order valence-electron chi connectivity index (χ3n) is 4.91. The molecule has 1 saturated heterocycles. The van der Waals surface area contributed by atoms with Crippen LogP contribution in [0, 0.1) is 5.41 Å². The average Bonchev–Trinajstić information content (AvgIpc) is 2.40. The van der Waals surface area contributed by atoms with Gasteiger partial charge in [0, 0.05) is 23.8 Å². The number of nitrogens with zero attached hydrogens (tertiary/aromatic N) is 1. The van der Waals surface area contributed by atoms with Gasteiger partial charge >= 0.3 is 0 Å². The summed E-state index contributed by atoms with van der Waals surface area (Å²) in [5.41, 5.74) is 1.99. The van der Waals surface area contributed by atoms with Crippen molar-refractivity contribution in [1.29, 1.82) is 0 Å². The summed E-state index contributed by atoms with van der Waals surface area (Å²) in [7, 11) is 0. The van der Waals surface area contributed by atoms with Crippen LogP contribution in [0.1, 0.15) is 44.9 Å². The molecule has 1 aliphatic carbocycles. The number of rotatable bonds is 1. The molecule has 0 unspecified atom stereocenters. The Hall–Kier alpha value is -0.690. The van der Waals surface area contributed by atoms with Gasteiger partial charge in [-0.2, -0.15) is 0 Å². The molecule has 0 atom stereocenters. The lowest BCUT2D eigenvalue weighted by molar-refractivity contribution is 0.144. The van der Waals surface area contributed by atoms with E-state index < -0.39 is 0 Å². The number of hydrogen-bond acceptors (Lipinski definition) is 1. The van der Waals surface area contributed by atoms with Crippen molar-refractivity contribution >= 4 is 17.3 Å². The fourth-order valence-electron chi connectivity index (χ4n) is 3.71. The molecule has 3 rings (SSSR count). The van der Waals surface area contributed by atoms with Crippen LogP contribution in [0.15, 0.2) is 24.3 Å². The van der Waals surface area contributed by atoms with Crippen LogP contribution < -0.4 is 4.90 Å². The zero-order valence-electron chi connectivity index (χ0n) is 11.0. The molecule has 18 heavy (non-hydrogen) atoms. The molecule has 0 aromatic heterocycles. The molecule has 1 spiro atoms. The molecule has 2 aliphatic rings. The van der Waals surface area contributed by atoms with Crippen LogP contribution in [0.3, 0.4) is 0 Å². The Bertz CT molecular complexity index is 399. The maximum absolute atomic E-state index is 6.08. The predicted octanol–water partition coefficient (Wildman–Crippen LogP) is 4.89. The zero-order chi connectivity index (χ0) is 12.4. The zero-order valence-corrected chi connectivity index (χ0v) is 11.8. The molecule has 1 heterocycles. The van der Waals surface area contributed by atoms with Gasteiger partial charge < -0.3 is 4.90 Å². The van der Waals surface area contributed by atoms with E-state index in [1.54, 1.807) is 0 Å². The molecule has 0 amide bonds. The van der Waals surface area contributed by atoms with E-state index >= 15 is 0 Å². The number of hydrogen-bond donors (Lipinski definition) is 0. The smallest absolute Gasteiger partial charge is 0.0426 e. The van der Waals surface area contributed by atoms with E-state index in [0.29, 0.717) is 5.41 Å². The molecule has 1 aromatic rings. The van der Waals surface area contributed by atoms with Crippen LogP contribution in [0.25, 0.3) is 0 Å². The first-order chi connectivity index (χ1) is 8.77. The molecule has 1 aromatic carbocycles. The largest absolute Gasteiger partial charge is 0.371 e. The molecule has 98 valence electrons. The van der Waals surface area contributed by atoms with Crippen molar-refractivity contribution in [3.05, 3.63) is 29.3 Å². The van der Waals surface area contributed by atoms with E-state index in [-0.39, 0.29) is 0 Å². The van der Waals surface area contributed by atoms with E-state index in [9.17, 15) is 0 Å². The highest BCUT2D eigenvalue weighted by Gasteiger charge is 2.35. The van der Waals surface area contributed by atoms with E-state index in [4.69, 9.17) is 11.6 Å². The Morgan fingerprint density at radius 2 is 1.67 bits per heavy atom. The number of halogens is 1. The lowest BCUT2D eigenvalue weighted by atomic mass is 9.68. The maximum atomic E-state index is 6.08. The Morgan fingerprint density at radius 1 is 0.944 bits per heavy atom. The van der Waals surface area contributed by atoms with E-state index in [1.165, 1.54) is 63.7 Å². The lowest BCUT2D eigenvalue weighted by Gasteiger charge is -2.45. The first-order valence-corrected chi connectivity index (χ1v) is 7.66. The van der Waals surface area contributed by atoms with Gasteiger partial charge in [0.25, 0.3) is 0 Å². The minimum atomic E-state index is 0.688. The number of benzene rings is 1. The summed E-state index contributed by atoms with van der Waals surface area (Å²) in [5.74, 6) is 0. The van der Waals surface area contributed by atoms with Gasteiger partial charge in [-0.3, -0.25) is 0 Å². The first-order valence-electron chi connectivity index (χ1n) is 7.28. The van der Waals surface area contributed by atoms with Crippen LogP contribution in [0.2, 0.25) is 5.02 Å². The molecule has 0 N–H and O–H groups in total. The van der Waals surface area contributed by atoms with Gasteiger partial charge in [0.2, 0.25) is 0 Å². The summed E-state index contributed by atoms with van der Waals surface area (Å²) < 4.78 is 0. The molecule has 1 saturated carbocycles. The van der Waals surface area contributed by atoms with Crippen molar-refractivity contribution in [3.63, 3.8) is 0 Å². The van der Waals surface area contributed by atoms with Crippen molar-refractivity contribution < 1.29 is 0 Å². The van der Waals surface area contributed by atoms with Crippen molar-refractivity contribution in [1.82, 2.24) is 0 Å². The van der Waals surface area contributed by atoms with E-state index in [2.05, 4.69) is 23.1 Å². The monoisotopic (exact) mass is 263 g/mol. The van der Waals surface area contributed by atoms with Gasteiger partial charge in [-0.25, -0.2) is 0 Å². The normalized spacial score (nSPS) is 23.3. The number of piperidine rings is 1. The SMILES string of the molecule is Clc1cccc(N2CCC3(CCCCC3)CC2)c1. The summed E-state index contributed by atoms with van der Waals surface area (Å²) in [4.78, 5) is 2.51. The molecule has 1 aliphatic heterocycles. The topological polar surface area (TPSA) is 3.24 Å². The van der Waals surface area contributed by atoms with Gasteiger partial charge in [-0.15, -0.1) is 0 Å². The minimum absolute atomic E-state index is 0.688. The fraction of sp³-hybridized carbons (Fsp3) is 0.625. The van der Waals surface area contributed by atoms with E-state index in [1.807, 2.05) is 6.07 Å². The van der Waals surface area contributed by atoms with E-state index in [0.717, 1.165) is 5.02 Å². The molecular weight excluding hydrogens is 242 g/mol. The molecule has 0 radical (unpaired) electrons. The van der Waals surface area contributed by atoms with Gasteiger partial charge in [0.15, 0.2) is 0 Å². The second-order valence-corrected chi connectivity index (χ2v) is 6.46. The van der Waals surface area contributed by atoms with Gasteiger partial charge in [0.1, 0.15) is 0 Å². The Labute approximate surface area is 115 Å². The summed E-state index contributed by atoms with van der Waals surface area (Å²) in [5, 5.41) is 0.852. The third kappa shape index (κ3) is 2.51. The second kappa shape index (κ2) is 5.13. The van der Waals surface area contributed by atoms with Crippen molar-refractivity contribution in [2.45, 2.75) is 44.9 Å². The van der Waals surface area contributed by atoms with Crippen LogP contribution in [0.5, 0.6) is 0 Å². The summed E-state index contributed by atoms with van der Waals surface area (Å²) in [6.07, 6.45) is 10.1. The van der Waals surface area contributed by atoms with Gasteiger partial charge in [0.05, 0.1) is 0 Å². The molecule has 0 bridgehead atoms. The van der Waals surface area contributed by atoms with Crippen molar-refractivity contribution in [3.8, 4) is 0 Å². The van der Waals surface area contributed by atoms with Crippen molar-refractivity contribution in [2.75, 3.05) is 18.0 Å². The van der Waals surface area contributed by atoms with Gasteiger partial charge in [-0.1, -0.05) is 36.9 Å². The highest BCUT2D eigenvalue weighted by atomic mass is 35.5. The van der Waals surface area contributed by atoms with Gasteiger partial charge in [-0.05, 0) is 49.3 Å². The molecule has 1 nitrogen and oxygen atoms in total. The Morgan fingerprint density at radius 3 is 2.33 bits per heavy atom. The third-order valence-corrected chi connectivity index (χ3v) is 5.15. The van der Waals surface area contributed by atoms with Crippen LogP contribution >= 0.6 is 11.6 Å².